The van der Waals surface area contributed by atoms with Crippen LogP contribution in [0.4, 0.5) is 17.3 Å². The van der Waals surface area contributed by atoms with E-state index in [0.717, 1.165) is 43.6 Å². The Morgan fingerprint density at radius 2 is 1.79 bits per heavy atom. The molecule has 4 rings (SSSR count). The standard InChI is InChI=1S/C18H23N5O/c1-24-16-5-3-2-4-15(16)22-8-10-23(11-9-22)18-12-17(19-13-20-18)21-14-6-7-14/h2-5,12-14H,6-11H2,1H3,(H,19,20,21). The molecule has 1 saturated heterocycles. The average Bonchev–Trinajstić information content (AvgIpc) is 3.46. The van der Waals surface area contributed by atoms with Gasteiger partial charge in [0.1, 0.15) is 23.7 Å². The zero-order valence-electron chi connectivity index (χ0n) is 14.0. The second-order valence-electron chi connectivity index (χ2n) is 6.33. The van der Waals surface area contributed by atoms with Crippen LogP contribution in [0.1, 0.15) is 12.8 Å². The summed E-state index contributed by atoms with van der Waals surface area (Å²) in [4.78, 5) is 13.5. The third-order valence-electron chi connectivity index (χ3n) is 4.61. The maximum absolute atomic E-state index is 5.48. The Kier molecular flexibility index (Phi) is 4.11. The lowest BCUT2D eigenvalue weighted by Crippen LogP contribution is -2.47. The van der Waals surface area contributed by atoms with Crippen molar-refractivity contribution in [1.82, 2.24) is 9.97 Å². The van der Waals surface area contributed by atoms with Crippen molar-refractivity contribution in [2.45, 2.75) is 18.9 Å². The van der Waals surface area contributed by atoms with Crippen molar-refractivity contribution in [3.63, 3.8) is 0 Å². The molecule has 1 saturated carbocycles. The van der Waals surface area contributed by atoms with Crippen molar-refractivity contribution in [2.75, 3.05) is 48.4 Å². The molecule has 0 bridgehead atoms. The van der Waals surface area contributed by atoms with Gasteiger partial charge in [0, 0.05) is 38.3 Å². The molecular formula is C18H23N5O. The molecule has 126 valence electrons. The molecule has 6 nitrogen and oxygen atoms in total. The van der Waals surface area contributed by atoms with Gasteiger partial charge in [-0.1, -0.05) is 12.1 Å². The third-order valence-corrected chi connectivity index (χ3v) is 4.61. The highest BCUT2D eigenvalue weighted by molar-refractivity contribution is 5.60. The van der Waals surface area contributed by atoms with Gasteiger partial charge in [0.15, 0.2) is 0 Å². The summed E-state index contributed by atoms with van der Waals surface area (Å²) in [7, 11) is 1.73. The number of para-hydroxylation sites is 2. The molecule has 1 aliphatic carbocycles. The fourth-order valence-corrected chi connectivity index (χ4v) is 3.10. The van der Waals surface area contributed by atoms with E-state index in [2.05, 4.69) is 43.3 Å². The molecule has 2 aromatic rings. The summed E-state index contributed by atoms with van der Waals surface area (Å²) >= 11 is 0. The normalized spacial score (nSPS) is 17.7. The molecule has 6 heteroatoms. The van der Waals surface area contributed by atoms with Crippen LogP contribution in [-0.2, 0) is 0 Å². The molecular weight excluding hydrogens is 302 g/mol. The first-order chi connectivity index (χ1) is 11.8. The monoisotopic (exact) mass is 325 g/mol. The second-order valence-corrected chi connectivity index (χ2v) is 6.33. The van der Waals surface area contributed by atoms with Gasteiger partial charge in [-0.2, -0.15) is 0 Å². The van der Waals surface area contributed by atoms with Crippen LogP contribution in [0.2, 0.25) is 0 Å². The van der Waals surface area contributed by atoms with Gasteiger partial charge in [0.2, 0.25) is 0 Å². The van der Waals surface area contributed by atoms with Crippen molar-refractivity contribution in [1.29, 1.82) is 0 Å². The zero-order chi connectivity index (χ0) is 16.4. The summed E-state index contributed by atoms with van der Waals surface area (Å²) in [6.45, 7) is 3.79. The molecule has 2 fully saturated rings. The van der Waals surface area contributed by atoms with E-state index in [0.29, 0.717) is 6.04 Å². The second kappa shape index (κ2) is 6.55. The molecule has 0 atom stereocenters. The Morgan fingerprint density at radius 1 is 1.04 bits per heavy atom. The summed E-state index contributed by atoms with van der Waals surface area (Å²) in [6.07, 6.45) is 4.15. The molecule has 0 amide bonds. The number of rotatable bonds is 5. The van der Waals surface area contributed by atoms with Crippen LogP contribution in [0.15, 0.2) is 36.7 Å². The predicted octanol–water partition coefficient (Wildman–Crippen LogP) is 2.39. The van der Waals surface area contributed by atoms with Gasteiger partial charge in [0.05, 0.1) is 12.8 Å². The Labute approximate surface area is 142 Å². The number of hydrogen-bond acceptors (Lipinski definition) is 6. The minimum absolute atomic E-state index is 0.607. The molecule has 1 aromatic carbocycles. The van der Waals surface area contributed by atoms with Gasteiger partial charge in [-0.3, -0.25) is 0 Å². The van der Waals surface area contributed by atoms with E-state index in [1.54, 1.807) is 13.4 Å². The molecule has 24 heavy (non-hydrogen) atoms. The minimum Gasteiger partial charge on any atom is -0.495 e. The molecule has 1 aliphatic heterocycles. The van der Waals surface area contributed by atoms with Gasteiger partial charge in [-0.25, -0.2) is 9.97 Å². The van der Waals surface area contributed by atoms with Gasteiger partial charge >= 0.3 is 0 Å². The lowest BCUT2D eigenvalue weighted by atomic mass is 10.2. The van der Waals surface area contributed by atoms with E-state index in [1.165, 1.54) is 18.5 Å². The van der Waals surface area contributed by atoms with Crippen molar-refractivity contribution >= 4 is 17.3 Å². The van der Waals surface area contributed by atoms with E-state index in [-0.39, 0.29) is 0 Å². The van der Waals surface area contributed by atoms with Crippen molar-refractivity contribution in [2.24, 2.45) is 0 Å². The summed E-state index contributed by atoms with van der Waals surface area (Å²) in [6, 6.07) is 10.9. The van der Waals surface area contributed by atoms with Crippen LogP contribution in [0.5, 0.6) is 5.75 Å². The van der Waals surface area contributed by atoms with Crippen LogP contribution < -0.4 is 19.9 Å². The predicted molar refractivity (Wildman–Crippen MR) is 96.1 cm³/mol. The number of nitrogens with one attached hydrogen (secondary N) is 1. The van der Waals surface area contributed by atoms with E-state index < -0.39 is 0 Å². The quantitative estimate of drug-likeness (QED) is 0.911. The summed E-state index contributed by atoms with van der Waals surface area (Å²) in [5.74, 6) is 2.88. The highest BCUT2D eigenvalue weighted by Gasteiger charge is 2.23. The number of anilines is 3. The van der Waals surface area contributed by atoms with E-state index in [1.807, 2.05) is 12.1 Å². The van der Waals surface area contributed by atoms with E-state index in [9.17, 15) is 0 Å². The highest BCUT2D eigenvalue weighted by atomic mass is 16.5. The first-order valence-corrected chi connectivity index (χ1v) is 8.55. The van der Waals surface area contributed by atoms with Crippen molar-refractivity contribution in [3.8, 4) is 5.75 Å². The SMILES string of the molecule is COc1ccccc1N1CCN(c2cc(NC3CC3)ncn2)CC1. The highest BCUT2D eigenvalue weighted by Crippen LogP contribution is 2.29. The number of aromatic nitrogens is 2. The number of piperazine rings is 1. The van der Waals surface area contributed by atoms with Crippen LogP contribution in [-0.4, -0.2) is 49.3 Å². The fraction of sp³-hybridized carbons (Fsp3) is 0.444. The number of ether oxygens (including phenoxy) is 1. The topological polar surface area (TPSA) is 53.5 Å². The summed E-state index contributed by atoms with van der Waals surface area (Å²) in [5, 5.41) is 3.44. The van der Waals surface area contributed by atoms with Crippen LogP contribution in [0.25, 0.3) is 0 Å². The molecule has 2 heterocycles. The Balaban J connectivity index is 1.42. The van der Waals surface area contributed by atoms with Crippen molar-refractivity contribution < 1.29 is 4.74 Å². The zero-order valence-corrected chi connectivity index (χ0v) is 14.0. The number of benzene rings is 1. The lowest BCUT2D eigenvalue weighted by molar-refractivity contribution is 0.413. The molecule has 1 aromatic heterocycles. The van der Waals surface area contributed by atoms with Crippen LogP contribution in [0.3, 0.4) is 0 Å². The number of hydrogen-bond donors (Lipinski definition) is 1. The van der Waals surface area contributed by atoms with E-state index >= 15 is 0 Å². The molecule has 0 unspecified atom stereocenters. The smallest absolute Gasteiger partial charge is 0.142 e. The maximum atomic E-state index is 5.48. The van der Waals surface area contributed by atoms with Gasteiger partial charge in [-0.15, -0.1) is 0 Å². The average molecular weight is 325 g/mol. The van der Waals surface area contributed by atoms with Gasteiger partial charge in [-0.05, 0) is 25.0 Å². The molecule has 2 aliphatic rings. The summed E-state index contributed by atoms with van der Waals surface area (Å²) < 4.78 is 5.48. The van der Waals surface area contributed by atoms with Gasteiger partial charge < -0.3 is 19.9 Å². The van der Waals surface area contributed by atoms with Gasteiger partial charge in [0.25, 0.3) is 0 Å². The maximum Gasteiger partial charge on any atom is 0.142 e. The first kappa shape index (κ1) is 15.1. The molecule has 0 radical (unpaired) electrons. The lowest BCUT2D eigenvalue weighted by Gasteiger charge is -2.37. The Morgan fingerprint density at radius 3 is 2.54 bits per heavy atom. The number of nitrogens with zero attached hydrogens (tertiary/aromatic N) is 4. The van der Waals surface area contributed by atoms with E-state index in [4.69, 9.17) is 4.74 Å². The first-order valence-electron chi connectivity index (χ1n) is 8.55. The molecule has 0 spiro atoms. The third kappa shape index (κ3) is 3.22. The summed E-state index contributed by atoms with van der Waals surface area (Å²) in [5.41, 5.74) is 1.17. The Bertz CT molecular complexity index is 695. The minimum atomic E-state index is 0.607. The number of methoxy groups -OCH3 is 1. The fourth-order valence-electron chi connectivity index (χ4n) is 3.10. The Hall–Kier alpha value is -2.50. The molecule has 1 N–H and O–H groups in total. The van der Waals surface area contributed by atoms with Crippen LogP contribution in [0, 0.1) is 0 Å². The largest absolute Gasteiger partial charge is 0.495 e. The van der Waals surface area contributed by atoms with Crippen molar-refractivity contribution in [3.05, 3.63) is 36.7 Å². The van der Waals surface area contributed by atoms with Crippen LogP contribution >= 0.6 is 0 Å².